The molecule has 12 heteroatoms. The molecule has 0 aromatic heterocycles. The van der Waals surface area contributed by atoms with Crippen molar-refractivity contribution in [1.29, 1.82) is 0 Å². The number of carbonyl (C=O) groups excluding carboxylic acids is 2. The van der Waals surface area contributed by atoms with E-state index in [1.54, 1.807) is 6.92 Å². The molecule has 1 aliphatic heterocycles. The van der Waals surface area contributed by atoms with Gasteiger partial charge in [-0.15, -0.1) is 0 Å². The van der Waals surface area contributed by atoms with Gasteiger partial charge < -0.3 is 14.6 Å². The Bertz CT molecular complexity index is 1570. The number of halogens is 4. The van der Waals surface area contributed by atoms with E-state index in [1.807, 2.05) is 0 Å². The summed E-state index contributed by atoms with van der Waals surface area (Å²) in [6, 6.07) is 9.77. The molecule has 0 unspecified atom stereocenters. The second kappa shape index (κ2) is 10.6. The summed E-state index contributed by atoms with van der Waals surface area (Å²) in [7, 11) is 1.32. The van der Waals surface area contributed by atoms with Gasteiger partial charge in [0.1, 0.15) is 0 Å². The monoisotopic (exact) mass is 560 g/mol. The van der Waals surface area contributed by atoms with Crippen molar-refractivity contribution in [2.45, 2.75) is 6.92 Å². The first-order chi connectivity index (χ1) is 18.0. The number of benzene rings is 3. The molecule has 0 bridgehead atoms. The predicted molar refractivity (Wildman–Crippen MR) is 136 cm³/mol. The van der Waals surface area contributed by atoms with Crippen molar-refractivity contribution < 1.29 is 37.7 Å². The summed E-state index contributed by atoms with van der Waals surface area (Å²) >= 11 is 11.8. The number of nitrogens with zero attached hydrogens (tertiary/aromatic N) is 2. The topological polar surface area (TPSA) is 106 Å². The van der Waals surface area contributed by atoms with Gasteiger partial charge in [0, 0.05) is 0 Å². The molecule has 3 aromatic carbocycles. The molecule has 0 atom stereocenters. The number of ether oxygens (including phenoxy) is 2. The number of hydrazone groups is 1. The number of carboxylic acids is 1. The number of hydrogen-bond acceptors (Lipinski definition) is 6. The third-order valence-electron chi connectivity index (χ3n) is 5.42. The summed E-state index contributed by atoms with van der Waals surface area (Å²) in [6.45, 7) is 1.61. The maximum Gasteiger partial charge on any atom is 0.345 e. The largest absolute Gasteiger partial charge is 0.493 e. The molecule has 3 aromatic rings. The van der Waals surface area contributed by atoms with E-state index in [9.17, 15) is 28.3 Å². The SMILES string of the molecule is COc1cc(C=C2C(=O)N(c3ccc(Cl)c(C(=O)O)c3)N=C2C)ccc1OC(=O)c1cc(F)c(F)cc1Cl. The number of esters is 1. The zero-order chi connectivity index (χ0) is 27.7. The van der Waals surface area contributed by atoms with E-state index in [1.165, 1.54) is 49.6 Å². The Morgan fingerprint density at radius 1 is 0.974 bits per heavy atom. The molecular weight excluding hydrogens is 545 g/mol. The van der Waals surface area contributed by atoms with Crippen molar-refractivity contribution in [1.82, 2.24) is 0 Å². The molecule has 1 aliphatic rings. The van der Waals surface area contributed by atoms with Gasteiger partial charge in [-0.1, -0.05) is 29.3 Å². The van der Waals surface area contributed by atoms with Crippen LogP contribution < -0.4 is 14.5 Å². The zero-order valence-corrected chi connectivity index (χ0v) is 21.1. The quantitative estimate of drug-likeness (QED) is 0.171. The molecule has 1 N–H and O–H groups in total. The van der Waals surface area contributed by atoms with Crippen LogP contribution in [-0.2, 0) is 4.79 Å². The molecule has 0 spiro atoms. The fraction of sp³-hybridized carbons (Fsp3) is 0.0769. The van der Waals surface area contributed by atoms with E-state index in [0.29, 0.717) is 23.4 Å². The smallest absolute Gasteiger partial charge is 0.345 e. The molecule has 194 valence electrons. The van der Waals surface area contributed by atoms with Crippen LogP contribution in [-0.4, -0.2) is 35.8 Å². The lowest BCUT2D eigenvalue weighted by Crippen LogP contribution is -2.21. The van der Waals surface area contributed by atoms with Crippen LogP contribution in [0.4, 0.5) is 14.5 Å². The van der Waals surface area contributed by atoms with Crippen molar-refractivity contribution in [2.75, 3.05) is 12.1 Å². The van der Waals surface area contributed by atoms with Gasteiger partial charge in [-0.3, -0.25) is 4.79 Å². The summed E-state index contributed by atoms with van der Waals surface area (Å²) < 4.78 is 37.4. The van der Waals surface area contributed by atoms with Crippen LogP contribution >= 0.6 is 23.2 Å². The molecule has 0 aliphatic carbocycles. The number of hydrogen-bond donors (Lipinski definition) is 1. The summed E-state index contributed by atoms with van der Waals surface area (Å²) in [6.07, 6.45) is 1.52. The Balaban J connectivity index is 1.60. The first-order valence-corrected chi connectivity index (χ1v) is 11.4. The Morgan fingerprint density at radius 2 is 1.68 bits per heavy atom. The Morgan fingerprint density at radius 3 is 2.37 bits per heavy atom. The van der Waals surface area contributed by atoms with Gasteiger partial charge in [-0.25, -0.2) is 18.4 Å². The zero-order valence-electron chi connectivity index (χ0n) is 19.6. The van der Waals surface area contributed by atoms with Crippen LogP contribution in [0.15, 0.2) is 59.2 Å². The van der Waals surface area contributed by atoms with Crippen LogP contribution in [0.25, 0.3) is 6.08 Å². The minimum absolute atomic E-state index is 0.0177. The maximum atomic E-state index is 13.6. The van der Waals surface area contributed by atoms with Crippen molar-refractivity contribution >= 4 is 58.5 Å². The van der Waals surface area contributed by atoms with Crippen LogP contribution in [0.1, 0.15) is 33.2 Å². The first-order valence-electron chi connectivity index (χ1n) is 10.7. The van der Waals surface area contributed by atoms with Crippen molar-refractivity contribution in [3.63, 3.8) is 0 Å². The van der Waals surface area contributed by atoms with Gasteiger partial charge in [-0.05, 0) is 61.0 Å². The normalized spacial score (nSPS) is 14.1. The number of anilines is 1. The highest BCUT2D eigenvalue weighted by atomic mass is 35.5. The Labute approximate surface area is 224 Å². The molecule has 8 nitrogen and oxygen atoms in total. The minimum Gasteiger partial charge on any atom is -0.493 e. The van der Waals surface area contributed by atoms with Gasteiger partial charge in [0.25, 0.3) is 5.91 Å². The van der Waals surface area contributed by atoms with E-state index in [-0.39, 0.29) is 43.9 Å². The number of aromatic carboxylic acids is 1. The van der Waals surface area contributed by atoms with E-state index < -0.39 is 29.5 Å². The number of amides is 1. The van der Waals surface area contributed by atoms with Gasteiger partial charge in [-0.2, -0.15) is 10.1 Å². The average molecular weight is 561 g/mol. The lowest BCUT2D eigenvalue weighted by atomic mass is 10.1. The second-order valence-corrected chi connectivity index (χ2v) is 8.69. The molecule has 0 fully saturated rings. The molecule has 38 heavy (non-hydrogen) atoms. The first kappa shape index (κ1) is 26.8. The van der Waals surface area contributed by atoms with Gasteiger partial charge >= 0.3 is 11.9 Å². The van der Waals surface area contributed by atoms with E-state index in [2.05, 4.69) is 5.10 Å². The van der Waals surface area contributed by atoms with Crippen molar-refractivity contribution in [3.05, 3.63) is 92.5 Å². The average Bonchev–Trinajstić information content (AvgIpc) is 3.15. The summed E-state index contributed by atoms with van der Waals surface area (Å²) in [5.74, 6) is -5.20. The van der Waals surface area contributed by atoms with Gasteiger partial charge in [0.05, 0.1) is 45.3 Å². The molecular formula is C26H16Cl2F2N2O6. The predicted octanol–water partition coefficient (Wildman–Crippen LogP) is 6.00. The van der Waals surface area contributed by atoms with Crippen molar-refractivity contribution in [2.24, 2.45) is 5.10 Å². The molecule has 1 heterocycles. The fourth-order valence-electron chi connectivity index (χ4n) is 3.53. The van der Waals surface area contributed by atoms with Crippen LogP contribution in [0, 0.1) is 11.6 Å². The number of rotatable bonds is 6. The van der Waals surface area contributed by atoms with E-state index in [0.717, 1.165) is 5.01 Å². The third-order valence-corrected chi connectivity index (χ3v) is 6.06. The van der Waals surface area contributed by atoms with Crippen LogP contribution in [0.5, 0.6) is 11.5 Å². The third kappa shape index (κ3) is 5.22. The van der Waals surface area contributed by atoms with Crippen molar-refractivity contribution in [3.8, 4) is 11.5 Å². The molecule has 4 rings (SSSR count). The summed E-state index contributed by atoms with van der Waals surface area (Å²) in [4.78, 5) is 37.0. The molecule has 0 saturated heterocycles. The van der Waals surface area contributed by atoms with Crippen LogP contribution in [0.2, 0.25) is 10.0 Å². The highest BCUT2D eigenvalue weighted by Crippen LogP contribution is 2.33. The number of carboxylic acid groups (broad SMARTS) is 1. The standard InChI is InChI=1S/C26H16Cl2F2N2O6/c1-12-15(24(33)32(31-12)14-4-5-18(27)16(9-14)25(34)35)7-13-3-6-22(23(8-13)37-2)38-26(36)17-10-20(29)21(30)11-19(17)28/h3-11H,1-2H3,(H,34,35). The molecule has 0 radical (unpaired) electrons. The summed E-state index contributed by atoms with van der Waals surface area (Å²) in [5, 5.41) is 14.3. The van der Waals surface area contributed by atoms with Gasteiger partial charge in [0.2, 0.25) is 0 Å². The lowest BCUT2D eigenvalue weighted by Gasteiger charge is -2.13. The second-order valence-electron chi connectivity index (χ2n) is 7.88. The summed E-state index contributed by atoms with van der Waals surface area (Å²) in [5.41, 5.74) is 0.726. The fourth-order valence-corrected chi connectivity index (χ4v) is 3.95. The highest BCUT2D eigenvalue weighted by Gasteiger charge is 2.30. The molecule has 1 amide bonds. The lowest BCUT2D eigenvalue weighted by molar-refractivity contribution is -0.114. The number of carbonyl (C=O) groups is 3. The maximum absolute atomic E-state index is 13.6. The van der Waals surface area contributed by atoms with E-state index in [4.69, 9.17) is 32.7 Å². The highest BCUT2D eigenvalue weighted by molar-refractivity contribution is 6.35. The Kier molecular flexibility index (Phi) is 7.47. The van der Waals surface area contributed by atoms with Crippen LogP contribution in [0.3, 0.4) is 0 Å². The minimum atomic E-state index is -1.26. The Hall–Kier alpha value is -4.28. The molecule has 0 saturated carbocycles. The van der Waals surface area contributed by atoms with E-state index >= 15 is 0 Å². The van der Waals surface area contributed by atoms with Gasteiger partial charge in [0.15, 0.2) is 23.1 Å². The number of methoxy groups -OCH3 is 1.